The quantitative estimate of drug-likeness (QED) is 0.572. The third-order valence-electron chi connectivity index (χ3n) is 4.31. The summed E-state index contributed by atoms with van der Waals surface area (Å²) in [4.78, 5) is 24.1. The van der Waals surface area contributed by atoms with Gasteiger partial charge in [0.1, 0.15) is 5.75 Å². The number of urea groups is 1. The SMILES string of the molecule is COc1ccc(CNC(=O)Nc2ccc(CNC(=O)c3ccccc3)cc2)cc1. The van der Waals surface area contributed by atoms with Crippen LogP contribution in [0.3, 0.4) is 0 Å². The summed E-state index contributed by atoms with van der Waals surface area (Å²) in [6.45, 7) is 0.830. The van der Waals surface area contributed by atoms with Crippen molar-refractivity contribution in [3.05, 3.63) is 95.6 Å². The number of hydrogen-bond donors (Lipinski definition) is 3. The standard InChI is InChI=1S/C23H23N3O3/c1-29-21-13-9-18(10-14-21)16-25-23(28)26-20-11-7-17(8-12-20)15-24-22(27)19-5-3-2-4-6-19/h2-14H,15-16H2,1H3,(H,24,27)(H2,25,26,28). The van der Waals surface area contributed by atoms with Gasteiger partial charge in [-0.25, -0.2) is 4.79 Å². The lowest BCUT2D eigenvalue weighted by Crippen LogP contribution is -2.28. The van der Waals surface area contributed by atoms with Crippen molar-refractivity contribution in [1.82, 2.24) is 10.6 Å². The summed E-state index contributed by atoms with van der Waals surface area (Å²) in [7, 11) is 1.61. The van der Waals surface area contributed by atoms with E-state index in [4.69, 9.17) is 4.74 Å². The summed E-state index contributed by atoms with van der Waals surface area (Å²) in [6, 6.07) is 23.6. The van der Waals surface area contributed by atoms with Crippen LogP contribution in [0.25, 0.3) is 0 Å². The van der Waals surface area contributed by atoms with Crippen LogP contribution < -0.4 is 20.7 Å². The van der Waals surface area contributed by atoms with Crippen molar-refractivity contribution in [3.8, 4) is 5.75 Å². The van der Waals surface area contributed by atoms with Gasteiger partial charge in [-0.15, -0.1) is 0 Å². The van der Waals surface area contributed by atoms with Crippen LogP contribution in [0.2, 0.25) is 0 Å². The number of benzene rings is 3. The highest BCUT2D eigenvalue weighted by molar-refractivity contribution is 5.94. The number of ether oxygens (including phenoxy) is 1. The highest BCUT2D eigenvalue weighted by Gasteiger charge is 2.05. The molecular formula is C23H23N3O3. The van der Waals surface area contributed by atoms with Crippen LogP contribution in [-0.4, -0.2) is 19.0 Å². The summed E-state index contributed by atoms with van der Waals surface area (Å²) in [5, 5.41) is 8.48. The molecule has 0 fully saturated rings. The minimum absolute atomic E-state index is 0.120. The molecule has 29 heavy (non-hydrogen) atoms. The van der Waals surface area contributed by atoms with Gasteiger partial charge in [-0.05, 0) is 47.5 Å². The highest BCUT2D eigenvalue weighted by atomic mass is 16.5. The van der Waals surface area contributed by atoms with E-state index in [1.807, 2.05) is 54.6 Å². The van der Waals surface area contributed by atoms with Crippen LogP contribution >= 0.6 is 0 Å². The number of carbonyl (C=O) groups excluding carboxylic acids is 2. The highest BCUT2D eigenvalue weighted by Crippen LogP contribution is 2.12. The molecule has 0 aliphatic rings. The number of methoxy groups -OCH3 is 1. The largest absolute Gasteiger partial charge is 0.497 e. The lowest BCUT2D eigenvalue weighted by Gasteiger charge is -2.09. The van der Waals surface area contributed by atoms with Crippen molar-refractivity contribution in [2.24, 2.45) is 0 Å². The van der Waals surface area contributed by atoms with E-state index in [0.717, 1.165) is 16.9 Å². The number of carbonyl (C=O) groups is 2. The predicted molar refractivity (Wildman–Crippen MR) is 113 cm³/mol. The van der Waals surface area contributed by atoms with E-state index in [1.165, 1.54) is 0 Å². The second-order valence-electron chi connectivity index (χ2n) is 6.40. The molecule has 6 heteroatoms. The van der Waals surface area contributed by atoms with Crippen molar-refractivity contribution < 1.29 is 14.3 Å². The molecular weight excluding hydrogens is 366 g/mol. The summed E-state index contributed by atoms with van der Waals surface area (Å²) >= 11 is 0. The smallest absolute Gasteiger partial charge is 0.319 e. The minimum atomic E-state index is -0.286. The molecule has 0 saturated heterocycles. The van der Waals surface area contributed by atoms with Gasteiger partial charge in [0.05, 0.1) is 7.11 Å². The number of amides is 3. The average molecular weight is 389 g/mol. The Hall–Kier alpha value is -3.80. The fourth-order valence-electron chi connectivity index (χ4n) is 2.68. The van der Waals surface area contributed by atoms with Crippen LogP contribution in [0, 0.1) is 0 Å². The molecule has 0 bridgehead atoms. The lowest BCUT2D eigenvalue weighted by molar-refractivity contribution is 0.0951. The zero-order valence-corrected chi connectivity index (χ0v) is 16.1. The molecule has 0 spiro atoms. The van der Waals surface area contributed by atoms with Gasteiger partial charge in [0.2, 0.25) is 0 Å². The van der Waals surface area contributed by atoms with Gasteiger partial charge in [-0.1, -0.05) is 42.5 Å². The van der Waals surface area contributed by atoms with Gasteiger partial charge in [-0.3, -0.25) is 4.79 Å². The lowest BCUT2D eigenvalue weighted by atomic mass is 10.2. The van der Waals surface area contributed by atoms with Crippen molar-refractivity contribution in [3.63, 3.8) is 0 Å². The second kappa shape index (κ2) is 9.94. The molecule has 0 atom stereocenters. The van der Waals surface area contributed by atoms with Gasteiger partial charge in [0, 0.05) is 24.3 Å². The van der Waals surface area contributed by atoms with E-state index in [9.17, 15) is 9.59 Å². The number of rotatable bonds is 7. The molecule has 0 radical (unpaired) electrons. The first-order valence-corrected chi connectivity index (χ1v) is 9.24. The molecule has 148 valence electrons. The molecule has 0 aromatic heterocycles. The summed E-state index contributed by atoms with van der Waals surface area (Å²) in [6.07, 6.45) is 0. The van der Waals surface area contributed by atoms with Gasteiger partial charge in [0.15, 0.2) is 0 Å². The normalized spacial score (nSPS) is 10.1. The molecule has 0 saturated carbocycles. The van der Waals surface area contributed by atoms with E-state index in [0.29, 0.717) is 24.3 Å². The Balaban J connectivity index is 1.44. The monoisotopic (exact) mass is 389 g/mol. The molecule has 0 unspecified atom stereocenters. The van der Waals surface area contributed by atoms with Crippen LogP contribution in [0.5, 0.6) is 5.75 Å². The number of nitrogens with one attached hydrogen (secondary N) is 3. The molecule has 3 aromatic rings. The third-order valence-corrected chi connectivity index (χ3v) is 4.31. The van der Waals surface area contributed by atoms with Gasteiger partial charge in [-0.2, -0.15) is 0 Å². The van der Waals surface area contributed by atoms with Gasteiger partial charge < -0.3 is 20.7 Å². The Labute approximate surface area is 169 Å². The zero-order chi connectivity index (χ0) is 20.5. The summed E-state index contributed by atoms with van der Waals surface area (Å²) < 4.78 is 5.11. The Bertz CT molecular complexity index is 939. The summed E-state index contributed by atoms with van der Waals surface area (Å²) in [5.74, 6) is 0.656. The van der Waals surface area contributed by atoms with Gasteiger partial charge >= 0.3 is 6.03 Å². The van der Waals surface area contributed by atoms with E-state index < -0.39 is 0 Å². The third kappa shape index (κ3) is 6.10. The second-order valence-corrected chi connectivity index (χ2v) is 6.40. The molecule has 3 amide bonds. The Kier molecular flexibility index (Phi) is 6.84. The molecule has 3 N–H and O–H groups in total. The van der Waals surface area contributed by atoms with Crippen LogP contribution in [0.1, 0.15) is 21.5 Å². The molecule has 0 heterocycles. The van der Waals surface area contributed by atoms with E-state index >= 15 is 0 Å². The fourth-order valence-corrected chi connectivity index (χ4v) is 2.68. The first-order chi connectivity index (χ1) is 14.1. The maximum absolute atomic E-state index is 12.1. The minimum Gasteiger partial charge on any atom is -0.497 e. The maximum Gasteiger partial charge on any atom is 0.319 e. The Morgan fingerprint density at radius 1 is 0.759 bits per heavy atom. The Morgan fingerprint density at radius 3 is 1.97 bits per heavy atom. The van der Waals surface area contributed by atoms with Crippen molar-refractivity contribution >= 4 is 17.6 Å². The van der Waals surface area contributed by atoms with Crippen molar-refractivity contribution in [2.45, 2.75) is 13.1 Å². The maximum atomic E-state index is 12.1. The van der Waals surface area contributed by atoms with Crippen molar-refractivity contribution in [1.29, 1.82) is 0 Å². The first-order valence-electron chi connectivity index (χ1n) is 9.24. The molecule has 0 aliphatic heterocycles. The van der Waals surface area contributed by atoms with Crippen LogP contribution in [0.4, 0.5) is 10.5 Å². The topological polar surface area (TPSA) is 79.5 Å². The van der Waals surface area contributed by atoms with Gasteiger partial charge in [0.25, 0.3) is 5.91 Å². The van der Waals surface area contributed by atoms with E-state index in [2.05, 4.69) is 16.0 Å². The number of anilines is 1. The Morgan fingerprint density at radius 2 is 1.34 bits per heavy atom. The average Bonchev–Trinajstić information content (AvgIpc) is 2.78. The molecule has 6 nitrogen and oxygen atoms in total. The molecule has 3 rings (SSSR count). The van der Waals surface area contributed by atoms with Crippen molar-refractivity contribution in [2.75, 3.05) is 12.4 Å². The van der Waals surface area contributed by atoms with E-state index in [1.54, 1.807) is 31.4 Å². The van der Waals surface area contributed by atoms with E-state index in [-0.39, 0.29) is 11.9 Å². The predicted octanol–water partition coefficient (Wildman–Crippen LogP) is 3.95. The zero-order valence-electron chi connectivity index (χ0n) is 16.1. The molecule has 3 aromatic carbocycles. The fraction of sp³-hybridized carbons (Fsp3) is 0.130. The van der Waals surface area contributed by atoms with Crippen LogP contribution in [0.15, 0.2) is 78.9 Å². The first kappa shape index (κ1) is 19.9. The molecule has 0 aliphatic carbocycles. The summed E-state index contributed by atoms with van der Waals surface area (Å²) in [5.41, 5.74) is 3.22. The van der Waals surface area contributed by atoms with Crippen LogP contribution in [-0.2, 0) is 13.1 Å². The number of hydrogen-bond acceptors (Lipinski definition) is 3.